The Kier molecular flexibility index (Phi) is 4.07. The maximum atomic E-state index is 5.72. The molecule has 2 rings (SSSR count). The van der Waals surface area contributed by atoms with E-state index in [1.54, 1.807) is 0 Å². The van der Waals surface area contributed by atoms with Gasteiger partial charge in [0.2, 0.25) is 0 Å². The lowest BCUT2D eigenvalue weighted by Crippen LogP contribution is -2.02. The molecule has 0 aliphatic carbocycles. The Bertz CT molecular complexity index is 523. The molecule has 98 valence electrons. The lowest BCUT2D eigenvalue weighted by Gasteiger charge is -2.07. The Labute approximate surface area is 110 Å². The van der Waals surface area contributed by atoms with Crippen molar-refractivity contribution in [3.05, 3.63) is 35.5 Å². The molecule has 0 aliphatic rings. The summed E-state index contributed by atoms with van der Waals surface area (Å²) in [4.78, 5) is 0. The average molecular weight is 244 g/mol. The van der Waals surface area contributed by atoms with Crippen molar-refractivity contribution in [2.45, 2.75) is 46.1 Å². The van der Waals surface area contributed by atoms with Crippen LogP contribution in [0.3, 0.4) is 0 Å². The molecule has 0 amide bonds. The Morgan fingerprint density at radius 2 is 2.06 bits per heavy atom. The van der Waals surface area contributed by atoms with Gasteiger partial charge < -0.3 is 10.3 Å². The number of nitrogens with two attached hydrogens (primary N) is 1. The van der Waals surface area contributed by atoms with E-state index in [0.717, 1.165) is 25.9 Å². The number of rotatable bonds is 5. The zero-order valence-electron chi connectivity index (χ0n) is 11.7. The van der Waals surface area contributed by atoms with Crippen LogP contribution in [-0.2, 0) is 13.0 Å². The third kappa shape index (κ3) is 2.44. The average Bonchev–Trinajstić information content (AvgIpc) is 2.68. The van der Waals surface area contributed by atoms with E-state index >= 15 is 0 Å². The van der Waals surface area contributed by atoms with Gasteiger partial charge in [0.05, 0.1) is 0 Å². The van der Waals surface area contributed by atoms with E-state index in [1.807, 2.05) is 0 Å². The molecule has 2 heteroatoms. The van der Waals surface area contributed by atoms with E-state index in [2.05, 4.69) is 49.7 Å². The number of aryl methyl sites for hydroxylation is 1. The quantitative estimate of drug-likeness (QED) is 0.854. The summed E-state index contributed by atoms with van der Waals surface area (Å²) in [5.41, 5.74) is 9.88. The molecule has 2 aromatic rings. The normalized spacial score (nSPS) is 11.6. The minimum Gasteiger partial charge on any atom is -0.347 e. The lowest BCUT2D eigenvalue weighted by molar-refractivity contribution is 0.700. The molecular weight excluding hydrogens is 220 g/mol. The molecule has 0 atom stereocenters. The molecule has 0 unspecified atom stereocenters. The van der Waals surface area contributed by atoms with Crippen LogP contribution in [0.15, 0.2) is 24.4 Å². The highest BCUT2D eigenvalue weighted by molar-refractivity contribution is 5.85. The predicted octanol–water partition coefficient (Wildman–Crippen LogP) is 3.68. The zero-order valence-corrected chi connectivity index (χ0v) is 11.7. The number of nitrogens with zero attached hydrogens (tertiary/aromatic N) is 1. The summed E-state index contributed by atoms with van der Waals surface area (Å²) in [6.45, 7) is 8.51. The van der Waals surface area contributed by atoms with Gasteiger partial charge in [-0.2, -0.15) is 0 Å². The van der Waals surface area contributed by atoms with E-state index in [1.165, 1.54) is 22.0 Å². The molecular formula is C16H24N2. The monoisotopic (exact) mass is 244 g/mol. The highest BCUT2D eigenvalue weighted by atomic mass is 15.0. The molecule has 0 aliphatic heterocycles. The minimum atomic E-state index is 0.578. The first-order valence-electron chi connectivity index (χ1n) is 6.99. The molecule has 1 heterocycles. The largest absolute Gasteiger partial charge is 0.347 e. The molecule has 1 aromatic carbocycles. The Morgan fingerprint density at radius 3 is 2.67 bits per heavy atom. The van der Waals surface area contributed by atoms with Gasteiger partial charge in [0.25, 0.3) is 0 Å². The molecule has 0 radical (unpaired) electrons. The lowest BCUT2D eigenvalue weighted by atomic mass is 10.00. The molecule has 0 saturated carbocycles. The summed E-state index contributed by atoms with van der Waals surface area (Å²) in [5.74, 6) is 0.578. The van der Waals surface area contributed by atoms with E-state index in [-0.39, 0.29) is 0 Å². The van der Waals surface area contributed by atoms with Crippen LogP contribution in [0.4, 0.5) is 0 Å². The van der Waals surface area contributed by atoms with Gasteiger partial charge in [0.1, 0.15) is 0 Å². The topological polar surface area (TPSA) is 30.9 Å². The molecule has 0 fully saturated rings. The smallest absolute Gasteiger partial charge is 0.0483 e. The van der Waals surface area contributed by atoms with Gasteiger partial charge in [0.15, 0.2) is 0 Å². The van der Waals surface area contributed by atoms with Crippen LogP contribution < -0.4 is 5.73 Å². The summed E-state index contributed by atoms with van der Waals surface area (Å²) in [5, 5.41) is 1.39. The van der Waals surface area contributed by atoms with Crippen molar-refractivity contribution in [3.63, 3.8) is 0 Å². The molecule has 0 spiro atoms. The van der Waals surface area contributed by atoms with Gasteiger partial charge in [-0.15, -0.1) is 0 Å². The molecule has 2 nitrogen and oxygen atoms in total. The van der Waals surface area contributed by atoms with Crippen LogP contribution in [-0.4, -0.2) is 11.1 Å². The van der Waals surface area contributed by atoms with Gasteiger partial charge in [-0.3, -0.25) is 0 Å². The fourth-order valence-corrected chi connectivity index (χ4v) is 2.53. The van der Waals surface area contributed by atoms with Gasteiger partial charge >= 0.3 is 0 Å². The van der Waals surface area contributed by atoms with E-state index in [9.17, 15) is 0 Å². The summed E-state index contributed by atoms with van der Waals surface area (Å²) in [6, 6.07) is 6.86. The van der Waals surface area contributed by atoms with Crippen molar-refractivity contribution < 1.29 is 0 Å². The van der Waals surface area contributed by atoms with Crippen molar-refractivity contribution in [1.29, 1.82) is 0 Å². The summed E-state index contributed by atoms with van der Waals surface area (Å²) in [6.07, 6.45) is 4.41. The van der Waals surface area contributed by atoms with Gasteiger partial charge in [-0.1, -0.05) is 26.8 Å². The fraction of sp³-hybridized carbons (Fsp3) is 0.500. The van der Waals surface area contributed by atoms with Crippen LogP contribution in [0.5, 0.6) is 0 Å². The van der Waals surface area contributed by atoms with Gasteiger partial charge in [0, 0.05) is 23.6 Å². The second-order valence-corrected chi connectivity index (χ2v) is 5.32. The van der Waals surface area contributed by atoms with Crippen molar-refractivity contribution in [3.8, 4) is 0 Å². The first kappa shape index (κ1) is 13.2. The van der Waals surface area contributed by atoms with Crippen LogP contribution in [0, 0.1) is 0 Å². The van der Waals surface area contributed by atoms with Crippen molar-refractivity contribution in [2.75, 3.05) is 6.54 Å². The third-order valence-electron chi connectivity index (χ3n) is 3.53. The Balaban J connectivity index is 2.55. The van der Waals surface area contributed by atoms with Crippen molar-refractivity contribution in [2.24, 2.45) is 5.73 Å². The summed E-state index contributed by atoms with van der Waals surface area (Å²) in [7, 11) is 0. The third-order valence-corrected chi connectivity index (χ3v) is 3.53. The fourth-order valence-electron chi connectivity index (χ4n) is 2.53. The molecule has 0 saturated heterocycles. The van der Waals surface area contributed by atoms with Crippen LogP contribution in [0.2, 0.25) is 0 Å². The number of hydrogen-bond donors (Lipinski definition) is 1. The molecule has 18 heavy (non-hydrogen) atoms. The first-order chi connectivity index (χ1) is 8.67. The Hall–Kier alpha value is -1.28. The summed E-state index contributed by atoms with van der Waals surface area (Å²) >= 11 is 0. The zero-order chi connectivity index (χ0) is 13.1. The second kappa shape index (κ2) is 5.57. The highest BCUT2D eigenvalue weighted by Crippen LogP contribution is 2.26. The van der Waals surface area contributed by atoms with E-state index in [4.69, 9.17) is 5.73 Å². The maximum absolute atomic E-state index is 5.72. The molecule has 2 N–H and O–H groups in total. The number of benzene rings is 1. The van der Waals surface area contributed by atoms with Crippen LogP contribution in [0.25, 0.3) is 10.9 Å². The number of fused-ring (bicyclic) bond motifs is 1. The van der Waals surface area contributed by atoms with Gasteiger partial charge in [-0.05, 0) is 48.6 Å². The number of hydrogen-bond acceptors (Lipinski definition) is 1. The van der Waals surface area contributed by atoms with Crippen molar-refractivity contribution >= 4 is 10.9 Å². The van der Waals surface area contributed by atoms with E-state index < -0.39 is 0 Å². The molecule has 1 aromatic heterocycles. The maximum Gasteiger partial charge on any atom is 0.0483 e. The van der Waals surface area contributed by atoms with Crippen molar-refractivity contribution in [1.82, 2.24) is 4.57 Å². The summed E-state index contributed by atoms with van der Waals surface area (Å²) < 4.78 is 2.37. The predicted molar refractivity (Wildman–Crippen MR) is 79.1 cm³/mol. The van der Waals surface area contributed by atoms with Crippen LogP contribution in [0.1, 0.15) is 44.2 Å². The SMILES string of the molecule is CCCn1cc(CCN)c2cc(C(C)C)ccc21. The molecule has 0 bridgehead atoms. The Morgan fingerprint density at radius 1 is 1.28 bits per heavy atom. The minimum absolute atomic E-state index is 0.578. The highest BCUT2D eigenvalue weighted by Gasteiger charge is 2.09. The first-order valence-corrected chi connectivity index (χ1v) is 6.99. The standard InChI is InChI=1S/C16H24N2/c1-4-9-18-11-14(7-8-17)15-10-13(12(2)3)5-6-16(15)18/h5-6,10-12H,4,7-9,17H2,1-3H3. The number of aromatic nitrogens is 1. The van der Waals surface area contributed by atoms with Crippen LogP contribution >= 0.6 is 0 Å². The van der Waals surface area contributed by atoms with E-state index in [0.29, 0.717) is 5.92 Å². The van der Waals surface area contributed by atoms with Gasteiger partial charge in [-0.25, -0.2) is 0 Å². The second-order valence-electron chi connectivity index (χ2n) is 5.32.